The van der Waals surface area contributed by atoms with E-state index in [0.29, 0.717) is 0 Å². The quantitative estimate of drug-likeness (QED) is 0.779. The molecule has 0 radical (unpaired) electrons. The maximum Gasteiger partial charge on any atom is 0.128 e. The molecule has 13 heavy (non-hydrogen) atoms. The Balaban J connectivity index is 2.11. The van der Waals surface area contributed by atoms with E-state index >= 15 is 0 Å². The summed E-state index contributed by atoms with van der Waals surface area (Å²) in [5.74, 6) is 1.85. The second-order valence-corrected chi connectivity index (χ2v) is 3.95. The fourth-order valence-corrected chi connectivity index (χ4v) is 2.15. The number of nitrogens with zero attached hydrogens (tertiary/aromatic N) is 2. The second kappa shape index (κ2) is 3.68. The summed E-state index contributed by atoms with van der Waals surface area (Å²) >= 11 is 5.97. The van der Waals surface area contributed by atoms with E-state index in [4.69, 9.17) is 11.6 Å². The Labute approximate surface area is 83.1 Å². The van der Waals surface area contributed by atoms with Gasteiger partial charge in [0.25, 0.3) is 0 Å². The minimum Gasteiger partial charge on any atom is -0.319 e. The maximum atomic E-state index is 5.97. The Morgan fingerprint density at radius 1 is 1.77 bits per heavy atom. The predicted octanol–water partition coefficient (Wildman–Crippen LogP) is 1.32. The average Bonchev–Trinajstić information content (AvgIpc) is 2.48. The van der Waals surface area contributed by atoms with Gasteiger partial charge in [0.05, 0.1) is 6.20 Å². The number of hydrogen-bond donors (Lipinski definition) is 1. The van der Waals surface area contributed by atoms with E-state index in [9.17, 15) is 0 Å². The molecule has 0 spiro atoms. The number of imidazole rings is 1. The Hall–Kier alpha value is -0.540. The lowest BCUT2D eigenvalue weighted by atomic mass is 9.98. The van der Waals surface area contributed by atoms with Crippen LogP contribution in [0, 0.1) is 5.92 Å². The van der Waals surface area contributed by atoms with E-state index < -0.39 is 0 Å². The SMILES string of the molecule is CNCC1CCn2c(Cl)cnc2C1. The smallest absolute Gasteiger partial charge is 0.128 e. The first-order valence-electron chi connectivity index (χ1n) is 4.65. The summed E-state index contributed by atoms with van der Waals surface area (Å²) in [4.78, 5) is 4.29. The molecule has 1 unspecified atom stereocenters. The van der Waals surface area contributed by atoms with E-state index in [0.717, 1.165) is 36.4 Å². The molecule has 2 rings (SSSR count). The first kappa shape index (κ1) is 9.03. The Morgan fingerprint density at radius 3 is 3.38 bits per heavy atom. The fourth-order valence-electron chi connectivity index (χ4n) is 1.92. The van der Waals surface area contributed by atoms with E-state index in [2.05, 4.69) is 14.9 Å². The Kier molecular flexibility index (Phi) is 2.56. The minimum atomic E-state index is 0.718. The van der Waals surface area contributed by atoms with Crippen LogP contribution >= 0.6 is 11.6 Å². The highest BCUT2D eigenvalue weighted by molar-refractivity contribution is 6.29. The minimum absolute atomic E-state index is 0.718. The van der Waals surface area contributed by atoms with Crippen LogP contribution in [-0.2, 0) is 13.0 Å². The highest BCUT2D eigenvalue weighted by Gasteiger charge is 2.20. The van der Waals surface area contributed by atoms with Crippen LogP contribution in [0.1, 0.15) is 12.2 Å². The zero-order chi connectivity index (χ0) is 9.26. The molecular formula is C9H14ClN3. The van der Waals surface area contributed by atoms with Gasteiger partial charge in [0.2, 0.25) is 0 Å². The summed E-state index contributed by atoms with van der Waals surface area (Å²) in [6, 6.07) is 0. The van der Waals surface area contributed by atoms with Crippen LogP contribution in [-0.4, -0.2) is 23.1 Å². The van der Waals surface area contributed by atoms with Gasteiger partial charge in [-0.2, -0.15) is 0 Å². The molecule has 1 aromatic heterocycles. The number of nitrogens with one attached hydrogen (secondary N) is 1. The van der Waals surface area contributed by atoms with Crippen LogP contribution in [0.2, 0.25) is 5.15 Å². The average molecular weight is 200 g/mol. The van der Waals surface area contributed by atoms with E-state index in [1.807, 2.05) is 7.05 Å². The van der Waals surface area contributed by atoms with Crippen LogP contribution in [0.15, 0.2) is 6.20 Å². The first-order chi connectivity index (χ1) is 6.31. The van der Waals surface area contributed by atoms with Crippen molar-refractivity contribution in [3.8, 4) is 0 Å². The number of rotatable bonds is 2. The zero-order valence-corrected chi connectivity index (χ0v) is 8.51. The van der Waals surface area contributed by atoms with Gasteiger partial charge in [-0.3, -0.25) is 0 Å². The van der Waals surface area contributed by atoms with Crippen molar-refractivity contribution in [3.63, 3.8) is 0 Å². The van der Waals surface area contributed by atoms with Gasteiger partial charge >= 0.3 is 0 Å². The number of hydrogen-bond acceptors (Lipinski definition) is 2. The van der Waals surface area contributed by atoms with Crippen molar-refractivity contribution in [2.24, 2.45) is 5.92 Å². The molecule has 1 aliphatic rings. The molecule has 0 aromatic carbocycles. The molecule has 0 saturated heterocycles. The molecule has 3 nitrogen and oxygen atoms in total. The fraction of sp³-hybridized carbons (Fsp3) is 0.667. The normalized spacial score (nSPS) is 21.5. The van der Waals surface area contributed by atoms with Crippen molar-refractivity contribution < 1.29 is 0 Å². The molecule has 1 aliphatic heterocycles. The van der Waals surface area contributed by atoms with Crippen LogP contribution in [0.4, 0.5) is 0 Å². The Bertz CT molecular complexity index is 295. The molecule has 1 N–H and O–H groups in total. The highest BCUT2D eigenvalue weighted by Crippen LogP contribution is 2.22. The number of halogens is 1. The monoisotopic (exact) mass is 199 g/mol. The molecule has 1 atom stereocenters. The molecule has 0 bridgehead atoms. The van der Waals surface area contributed by atoms with Gasteiger partial charge in [-0.1, -0.05) is 11.6 Å². The lowest BCUT2D eigenvalue weighted by Crippen LogP contribution is -2.27. The molecule has 4 heteroatoms. The van der Waals surface area contributed by atoms with Gasteiger partial charge in [0.15, 0.2) is 0 Å². The number of aromatic nitrogens is 2. The van der Waals surface area contributed by atoms with Crippen molar-refractivity contribution in [2.75, 3.05) is 13.6 Å². The topological polar surface area (TPSA) is 29.9 Å². The van der Waals surface area contributed by atoms with Crippen molar-refractivity contribution in [1.82, 2.24) is 14.9 Å². The molecule has 0 aliphatic carbocycles. The predicted molar refractivity (Wildman–Crippen MR) is 53.0 cm³/mol. The van der Waals surface area contributed by atoms with Gasteiger partial charge in [-0.05, 0) is 25.9 Å². The molecule has 1 aromatic rings. The molecule has 0 fully saturated rings. The summed E-state index contributed by atoms with van der Waals surface area (Å²) in [6.45, 7) is 2.09. The molecule has 2 heterocycles. The maximum absolute atomic E-state index is 5.97. The number of fused-ring (bicyclic) bond motifs is 1. The Morgan fingerprint density at radius 2 is 2.62 bits per heavy atom. The van der Waals surface area contributed by atoms with Gasteiger partial charge in [-0.25, -0.2) is 4.98 Å². The van der Waals surface area contributed by atoms with Crippen LogP contribution in [0.5, 0.6) is 0 Å². The molecule has 0 amide bonds. The van der Waals surface area contributed by atoms with Crippen LogP contribution in [0.25, 0.3) is 0 Å². The lowest BCUT2D eigenvalue weighted by molar-refractivity contribution is 0.372. The largest absolute Gasteiger partial charge is 0.319 e. The molecular weight excluding hydrogens is 186 g/mol. The van der Waals surface area contributed by atoms with Crippen molar-refractivity contribution in [2.45, 2.75) is 19.4 Å². The van der Waals surface area contributed by atoms with Crippen molar-refractivity contribution in [3.05, 3.63) is 17.2 Å². The van der Waals surface area contributed by atoms with Crippen molar-refractivity contribution >= 4 is 11.6 Å². The summed E-state index contributed by atoms with van der Waals surface area (Å²) < 4.78 is 2.10. The zero-order valence-electron chi connectivity index (χ0n) is 7.76. The van der Waals surface area contributed by atoms with Gasteiger partial charge in [0, 0.05) is 13.0 Å². The summed E-state index contributed by atoms with van der Waals surface area (Å²) in [5.41, 5.74) is 0. The van der Waals surface area contributed by atoms with E-state index in [1.165, 1.54) is 6.42 Å². The first-order valence-corrected chi connectivity index (χ1v) is 5.03. The van der Waals surface area contributed by atoms with Crippen molar-refractivity contribution in [1.29, 1.82) is 0 Å². The van der Waals surface area contributed by atoms with E-state index in [-0.39, 0.29) is 0 Å². The van der Waals surface area contributed by atoms with Crippen LogP contribution in [0.3, 0.4) is 0 Å². The summed E-state index contributed by atoms with van der Waals surface area (Å²) in [5, 5.41) is 3.98. The second-order valence-electron chi connectivity index (χ2n) is 3.57. The summed E-state index contributed by atoms with van der Waals surface area (Å²) in [6.07, 6.45) is 4.00. The third-order valence-corrected chi connectivity index (χ3v) is 2.92. The highest BCUT2D eigenvalue weighted by atomic mass is 35.5. The third-order valence-electron chi connectivity index (χ3n) is 2.61. The lowest BCUT2D eigenvalue weighted by Gasteiger charge is -2.23. The molecule has 72 valence electrons. The van der Waals surface area contributed by atoms with Gasteiger partial charge < -0.3 is 9.88 Å². The van der Waals surface area contributed by atoms with Gasteiger partial charge in [0.1, 0.15) is 11.0 Å². The molecule has 0 saturated carbocycles. The summed E-state index contributed by atoms with van der Waals surface area (Å²) in [7, 11) is 1.99. The van der Waals surface area contributed by atoms with Gasteiger partial charge in [-0.15, -0.1) is 0 Å². The van der Waals surface area contributed by atoms with Crippen LogP contribution < -0.4 is 5.32 Å². The third kappa shape index (κ3) is 1.71. The van der Waals surface area contributed by atoms with E-state index in [1.54, 1.807) is 6.20 Å². The standard InChI is InChI=1S/C9H14ClN3/c1-11-5-7-2-3-13-8(10)6-12-9(13)4-7/h6-7,11H,2-5H2,1H3.